The van der Waals surface area contributed by atoms with Gasteiger partial charge in [0.05, 0.1) is 16.4 Å². The molecule has 17 heavy (non-hydrogen) atoms. The van der Waals surface area contributed by atoms with Gasteiger partial charge >= 0.3 is 5.00 Å². The van der Waals surface area contributed by atoms with Crippen LogP contribution in [0.2, 0.25) is 0 Å². The van der Waals surface area contributed by atoms with Crippen molar-refractivity contribution in [3.05, 3.63) is 27.1 Å². The smallest absolute Gasteiger partial charge is 0.309 e. The zero-order valence-electron chi connectivity index (χ0n) is 8.96. The Morgan fingerprint density at radius 3 is 2.88 bits per heavy atom. The van der Waals surface area contributed by atoms with Crippen LogP contribution in [0.1, 0.15) is 12.0 Å². The molecular weight excluding hydrogens is 264 g/mol. The molecule has 0 radical (unpaired) electrons. The third-order valence-electron chi connectivity index (χ3n) is 2.65. The summed E-state index contributed by atoms with van der Waals surface area (Å²) in [5.41, 5.74) is 0.825. The monoisotopic (exact) mass is 276 g/mol. The van der Waals surface area contributed by atoms with Gasteiger partial charge in [0.25, 0.3) is 0 Å². The Balaban J connectivity index is 1.88. The molecule has 1 unspecified atom stereocenters. The molecule has 8 heteroatoms. The molecule has 1 saturated heterocycles. The van der Waals surface area contributed by atoms with Crippen LogP contribution >= 0.6 is 11.3 Å². The second-order valence-electron chi connectivity index (χ2n) is 4.03. The summed E-state index contributed by atoms with van der Waals surface area (Å²) in [6.07, 6.45) is 0.620. The highest BCUT2D eigenvalue weighted by Crippen LogP contribution is 2.22. The van der Waals surface area contributed by atoms with Crippen LogP contribution in [-0.4, -0.2) is 30.9 Å². The first-order valence-electron chi connectivity index (χ1n) is 5.12. The molecule has 1 atom stereocenters. The number of nitro groups is 1. The predicted molar refractivity (Wildman–Crippen MR) is 64.9 cm³/mol. The van der Waals surface area contributed by atoms with Crippen LogP contribution in [0.3, 0.4) is 0 Å². The van der Waals surface area contributed by atoms with Crippen LogP contribution in [-0.2, 0) is 16.4 Å². The number of nitrogens with one attached hydrogen (secondary N) is 1. The van der Waals surface area contributed by atoms with Crippen LogP contribution in [0.5, 0.6) is 0 Å². The molecule has 0 amide bonds. The normalized spacial score (nSPS) is 22.7. The summed E-state index contributed by atoms with van der Waals surface area (Å²) < 4.78 is 22.4. The van der Waals surface area contributed by atoms with E-state index in [-0.39, 0.29) is 22.5 Å². The number of sulfone groups is 1. The van der Waals surface area contributed by atoms with Gasteiger partial charge in [-0.1, -0.05) is 11.3 Å². The second kappa shape index (κ2) is 4.71. The second-order valence-corrected chi connectivity index (χ2v) is 7.15. The van der Waals surface area contributed by atoms with Crippen LogP contribution in [0.25, 0.3) is 0 Å². The van der Waals surface area contributed by atoms with E-state index in [9.17, 15) is 18.5 Å². The minimum Gasteiger partial charge on any atom is -0.309 e. The van der Waals surface area contributed by atoms with Gasteiger partial charge in [-0.05, 0) is 12.0 Å². The fraction of sp³-hybridized carbons (Fsp3) is 0.556. The summed E-state index contributed by atoms with van der Waals surface area (Å²) in [5.74, 6) is 0.397. The minimum atomic E-state index is -2.88. The molecule has 1 aromatic rings. The first kappa shape index (κ1) is 12.5. The van der Waals surface area contributed by atoms with Crippen molar-refractivity contribution in [1.82, 2.24) is 5.32 Å². The van der Waals surface area contributed by atoms with Crippen molar-refractivity contribution in [3.8, 4) is 0 Å². The highest BCUT2D eigenvalue weighted by atomic mass is 32.2. The molecule has 0 aliphatic carbocycles. The van der Waals surface area contributed by atoms with Crippen LogP contribution in [0.4, 0.5) is 5.00 Å². The van der Waals surface area contributed by atoms with E-state index in [1.165, 1.54) is 6.07 Å². The van der Waals surface area contributed by atoms with E-state index in [2.05, 4.69) is 5.32 Å². The van der Waals surface area contributed by atoms with Gasteiger partial charge in [0, 0.05) is 24.0 Å². The number of rotatable bonds is 4. The highest BCUT2D eigenvalue weighted by Gasteiger charge is 2.27. The lowest BCUT2D eigenvalue weighted by atomic mass is 10.2. The topological polar surface area (TPSA) is 89.3 Å². The van der Waals surface area contributed by atoms with E-state index in [0.717, 1.165) is 16.9 Å². The van der Waals surface area contributed by atoms with Crippen molar-refractivity contribution in [2.24, 2.45) is 0 Å². The summed E-state index contributed by atoms with van der Waals surface area (Å²) in [7, 11) is -2.88. The number of hydrogen-bond donors (Lipinski definition) is 1. The number of hydrogen-bond acceptors (Lipinski definition) is 6. The summed E-state index contributed by atoms with van der Waals surface area (Å²) in [6, 6.07) is 1.49. The maximum atomic E-state index is 11.2. The minimum absolute atomic E-state index is 0.0287. The molecular formula is C9H12N2O4S2. The quantitative estimate of drug-likeness (QED) is 0.653. The van der Waals surface area contributed by atoms with Crippen molar-refractivity contribution >= 4 is 26.2 Å². The van der Waals surface area contributed by atoms with Crippen LogP contribution in [0.15, 0.2) is 11.4 Å². The first-order valence-corrected chi connectivity index (χ1v) is 7.82. The first-order chi connectivity index (χ1) is 7.96. The average molecular weight is 276 g/mol. The molecule has 0 spiro atoms. The zero-order valence-corrected chi connectivity index (χ0v) is 10.6. The Hall–Kier alpha value is -0.990. The third-order valence-corrected chi connectivity index (χ3v) is 5.34. The summed E-state index contributed by atoms with van der Waals surface area (Å²) in [6.45, 7) is 0.477. The molecule has 2 rings (SSSR count). The summed E-state index contributed by atoms with van der Waals surface area (Å²) in [5, 5.41) is 15.4. The highest BCUT2D eigenvalue weighted by molar-refractivity contribution is 7.91. The number of nitrogens with zero attached hydrogens (tertiary/aromatic N) is 1. The average Bonchev–Trinajstić information content (AvgIpc) is 2.81. The molecule has 2 heterocycles. The van der Waals surface area contributed by atoms with E-state index in [1.54, 1.807) is 5.38 Å². The molecule has 0 bridgehead atoms. The molecule has 1 aromatic heterocycles. The molecule has 94 valence electrons. The van der Waals surface area contributed by atoms with E-state index in [0.29, 0.717) is 13.0 Å². The number of thiophene rings is 1. The van der Waals surface area contributed by atoms with Gasteiger partial charge in [-0.2, -0.15) is 0 Å². The van der Waals surface area contributed by atoms with Gasteiger partial charge in [-0.15, -0.1) is 0 Å². The predicted octanol–water partition coefficient (Wildman–Crippen LogP) is 0.933. The molecule has 1 aliphatic heterocycles. The maximum Gasteiger partial charge on any atom is 0.324 e. The molecule has 0 aromatic carbocycles. The van der Waals surface area contributed by atoms with E-state index >= 15 is 0 Å². The van der Waals surface area contributed by atoms with E-state index in [4.69, 9.17) is 0 Å². The van der Waals surface area contributed by atoms with Crippen molar-refractivity contribution in [2.45, 2.75) is 19.0 Å². The third kappa shape index (κ3) is 3.24. The van der Waals surface area contributed by atoms with Gasteiger partial charge in [0.2, 0.25) is 0 Å². The van der Waals surface area contributed by atoms with Gasteiger partial charge in [-0.25, -0.2) is 8.42 Å². The molecule has 1 fully saturated rings. The molecule has 0 saturated carbocycles. The lowest BCUT2D eigenvalue weighted by Crippen LogP contribution is -2.29. The van der Waals surface area contributed by atoms with Crippen molar-refractivity contribution < 1.29 is 13.3 Å². The lowest BCUT2D eigenvalue weighted by Gasteiger charge is -2.08. The largest absolute Gasteiger partial charge is 0.324 e. The summed E-state index contributed by atoms with van der Waals surface area (Å²) in [4.78, 5) is 10.1. The van der Waals surface area contributed by atoms with Gasteiger partial charge in [-0.3, -0.25) is 10.1 Å². The Kier molecular flexibility index (Phi) is 3.45. The zero-order chi connectivity index (χ0) is 12.5. The Morgan fingerprint density at radius 2 is 2.35 bits per heavy atom. The van der Waals surface area contributed by atoms with Gasteiger partial charge in [0.15, 0.2) is 9.84 Å². The van der Waals surface area contributed by atoms with Gasteiger partial charge in [0.1, 0.15) is 0 Å². The Morgan fingerprint density at radius 1 is 1.59 bits per heavy atom. The molecule has 1 N–H and O–H groups in total. The van der Waals surface area contributed by atoms with E-state index in [1.807, 2.05) is 0 Å². The van der Waals surface area contributed by atoms with Crippen LogP contribution in [0, 0.1) is 10.1 Å². The SMILES string of the molecule is O=[N+]([O-])c1cc(CNC2CCS(=O)(=O)C2)cs1. The maximum absolute atomic E-state index is 11.2. The Labute approximate surface area is 103 Å². The van der Waals surface area contributed by atoms with E-state index < -0.39 is 14.8 Å². The van der Waals surface area contributed by atoms with Crippen molar-refractivity contribution in [1.29, 1.82) is 0 Å². The molecule has 6 nitrogen and oxygen atoms in total. The van der Waals surface area contributed by atoms with Crippen molar-refractivity contribution in [2.75, 3.05) is 11.5 Å². The molecule has 1 aliphatic rings. The van der Waals surface area contributed by atoms with Crippen LogP contribution < -0.4 is 5.32 Å². The Bertz CT molecular complexity index is 523. The van der Waals surface area contributed by atoms with Gasteiger partial charge < -0.3 is 5.32 Å². The lowest BCUT2D eigenvalue weighted by molar-refractivity contribution is -0.380. The fourth-order valence-corrected chi connectivity index (χ4v) is 4.21. The van der Waals surface area contributed by atoms with Crippen molar-refractivity contribution in [3.63, 3.8) is 0 Å². The summed E-state index contributed by atoms with van der Waals surface area (Å²) >= 11 is 1.08. The standard InChI is InChI=1S/C9H12N2O4S2/c12-11(13)9-3-7(5-16-9)4-10-8-1-2-17(14,15)6-8/h3,5,8,10H,1-2,4,6H2. The fourth-order valence-electron chi connectivity index (χ4n) is 1.77.